The number of carbonyl (C=O) groups is 2. The van der Waals surface area contributed by atoms with Gasteiger partial charge in [0.05, 0.1) is 24.0 Å². The highest BCUT2D eigenvalue weighted by molar-refractivity contribution is 7.90. The molecular weight excluding hydrogens is 625 g/mol. The molecule has 2 amide bonds. The van der Waals surface area contributed by atoms with Crippen LogP contribution in [-0.4, -0.2) is 79.7 Å². The molecule has 256 valence electrons. The highest BCUT2D eigenvalue weighted by atomic mass is 32.2. The molecule has 1 N–H and O–H groups in total. The van der Waals surface area contributed by atoms with Crippen molar-refractivity contribution in [2.45, 2.75) is 102 Å². The van der Waals surface area contributed by atoms with Gasteiger partial charge in [0.15, 0.2) is 0 Å². The number of nitrogens with zero attached hydrogens (tertiary/aromatic N) is 3. The number of likely N-dealkylation sites (N-methyl/N-ethyl adjacent to an activating group) is 1. The smallest absolute Gasteiger partial charge is 0.264 e. The summed E-state index contributed by atoms with van der Waals surface area (Å²) in [5, 5.41) is 1.10. The topological polar surface area (TPSA) is 101 Å². The number of sulfonamides is 1. The zero-order valence-electron chi connectivity index (χ0n) is 28.5. The summed E-state index contributed by atoms with van der Waals surface area (Å²) < 4.78 is 35.8. The van der Waals surface area contributed by atoms with Crippen LogP contribution in [-0.2, 0) is 21.4 Å². The summed E-state index contributed by atoms with van der Waals surface area (Å²) in [6, 6.07) is 12.5. The number of amides is 2. The maximum atomic E-state index is 15.0. The van der Waals surface area contributed by atoms with Gasteiger partial charge in [-0.2, -0.15) is 0 Å². The lowest BCUT2D eigenvalue weighted by atomic mass is 9.81. The Morgan fingerprint density at radius 3 is 2.46 bits per heavy atom. The normalized spacial score (nSPS) is 26.8. The molecule has 3 aliphatic heterocycles. The fraction of sp³-hybridized carbons (Fsp3) is 0.579. The van der Waals surface area contributed by atoms with Gasteiger partial charge < -0.3 is 19.1 Å². The molecule has 1 aromatic heterocycles. The molecule has 2 saturated carbocycles. The predicted octanol–water partition coefficient (Wildman–Crippen LogP) is 6.02. The highest BCUT2D eigenvalue weighted by Crippen LogP contribution is 2.66. The number of benzene rings is 2. The minimum Gasteiger partial charge on any atom is -0.497 e. The van der Waals surface area contributed by atoms with Crippen LogP contribution < -0.4 is 9.46 Å². The predicted molar refractivity (Wildman–Crippen MR) is 187 cm³/mol. The Morgan fingerprint density at radius 1 is 1.00 bits per heavy atom. The molecule has 9 nitrogen and oxygen atoms in total. The number of rotatable bonds is 8. The standard InChI is InChI=1S/C38H48N4O5S/c1-4-5-17-48(45,46)39-36(43)25-11-15-30-33(18-25)41-23-38(37(44)42-26-12-13-27(42)22-40(2)21-26)20-32(38)31-19-28(47-3)14-16-29(31)35(41)34(30)24-9-7-6-8-10-24/h11,14-16,18-19,24,26-27,32H,4-10,12-13,17,20-23H2,1-3H3,(H,39,43). The van der Waals surface area contributed by atoms with Crippen molar-refractivity contribution in [3.8, 4) is 17.0 Å². The molecule has 5 aliphatic rings. The molecule has 4 heterocycles. The summed E-state index contributed by atoms with van der Waals surface area (Å²) in [6.45, 7) is 4.29. The van der Waals surface area contributed by atoms with Crippen molar-refractivity contribution < 1.29 is 22.7 Å². The van der Waals surface area contributed by atoms with Crippen LogP contribution in [0.25, 0.3) is 22.2 Å². The Balaban J connectivity index is 1.30. The van der Waals surface area contributed by atoms with Crippen LogP contribution in [0.5, 0.6) is 5.75 Å². The lowest BCUT2D eigenvalue weighted by Gasteiger charge is -2.41. The second-order valence-electron chi connectivity index (χ2n) is 15.2. The molecule has 2 saturated heterocycles. The highest BCUT2D eigenvalue weighted by Gasteiger charge is 2.65. The third kappa shape index (κ3) is 5.16. The first kappa shape index (κ1) is 31.9. The van der Waals surface area contributed by atoms with Gasteiger partial charge in [-0.25, -0.2) is 13.1 Å². The van der Waals surface area contributed by atoms with E-state index in [2.05, 4.69) is 38.3 Å². The minimum atomic E-state index is -3.74. The quantitative estimate of drug-likeness (QED) is 0.315. The van der Waals surface area contributed by atoms with Gasteiger partial charge in [-0.15, -0.1) is 0 Å². The van der Waals surface area contributed by atoms with Crippen LogP contribution in [0.15, 0.2) is 36.4 Å². The number of fused-ring (bicyclic) bond motifs is 9. The molecule has 2 aliphatic carbocycles. The number of aromatic nitrogens is 1. The average Bonchev–Trinajstić information content (AvgIpc) is 3.67. The molecule has 10 heteroatoms. The number of methoxy groups -OCH3 is 1. The summed E-state index contributed by atoms with van der Waals surface area (Å²) in [7, 11) is 0.118. The zero-order chi connectivity index (χ0) is 33.4. The fourth-order valence-corrected chi connectivity index (χ4v) is 10.9. The van der Waals surface area contributed by atoms with Crippen molar-refractivity contribution in [3.05, 3.63) is 53.1 Å². The van der Waals surface area contributed by atoms with Gasteiger partial charge in [0.25, 0.3) is 5.91 Å². The number of likely N-dealkylation sites (tertiary alicyclic amines) is 1. The fourth-order valence-electron chi connectivity index (χ4n) is 9.71. The number of carbonyl (C=O) groups excluding carboxylic acids is 2. The molecule has 4 unspecified atom stereocenters. The second-order valence-corrected chi connectivity index (χ2v) is 17.0. The van der Waals surface area contributed by atoms with Crippen molar-refractivity contribution in [2.75, 3.05) is 33.0 Å². The van der Waals surface area contributed by atoms with Crippen LogP contribution in [0.2, 0.25) is 0 Å². The van der Waals surface area contributed by atoms with Crippen LogP contribution in [0.4, 0.5) is 0 Å². The van der Waals surface area contributed by atoms with E-state index in [-0.39, 0.29) is 29.7 Å². The molecule has 3 aromatic rings. The van der Waals surface area contributed by atoms with Crippen molar-refractivity contribution in [2.24, 2.45) is 5.41 Å². The Hall–Kier alpha value is -3.37. The van der Waals surface area contributed by atoms with Gasteiger partial charge in [-0.3, -0.25) is 9.59 Å². The summed E-state index contributed by atoms with van der Waals surface area (Å²) in [5.74, 6) is 0.838. The van der Waals surface area contributed by atoms with E-state index < -0.39 is 21.3 Å². The molecule has 2 bridgehead atoms. The van der Waals surface area contributed by atoms with Crippen molar-refractivity contribution in [3.63, 3.8) is 0 Å². The third-order valence-corrected chi connectivity index (χ3v) is 13.4. The molecule has 0 radical (unpaired) electrons. The summed E-state index contributed by atoms with van der Waals surface area (Å²) in [5.41, 5.74) is 5.45. The Kier molecular flexibility index (Phi) is 7.90. The first-order chi connectivity index (χ1) is 23.1. The third-order valence-electron chi connectivity index (χ3n) is 12.1. The van der Waals surface area contributed by atoms with E-state index in [0.29, 0.717) is 24.4 Å². The average molecular weight is 673 g/mol. The number of nitrogens with one attached hydrogen (secondary N) is 1. The molecule has 48 heavy (non-hydrogen) atoms. The number of piperazine rings is 1. The molecule has 0 spiro atoms. The molecule has 8 rings (SSSR count). The van der Waals surface area contributed by atoms with Gasteiger partial charge in [-0.05, 0) is 92.9 Å². The van der Waals surface area contributed by atoms with E-state index in [1.807, 2.05) is 25.1 Å². The van der Waals surface area contributed by atoms with Crippen LogP contribution in [0.1, 0.15) is 104 Å². The van der Waals surface area contributed by atoms with Crippen molar-refractivity contribution in [1.82, 2.24) is 19.1 Å². The summed E-state index contributed by atoms with van der Waals surface area (Å²) >= 11 is 0. The van der Waals surface area contributed by atoms with Crippen molar-refractivity contribution >= 4 is 32.7 Å². The summed E-state index contributed by atoms with van der Waals surface area (Å²) in [6.07, 6.45) is 9.92. The Morgan fingerprint density at radius 2 is 1.75 bits per heavy atom. The van der Waals surface area contributed by atoms with E-state index in [1.165, 1.54) is 30.4 Å². The van der Waals surface area contributed by atoms with E-state index in [9.17, 15) is 13.2 Å². The van der Waals surface area contributed by atoms with E-state index >= 15 is 4.79 Å². The van der Waals surface area contributed by atoms with Crippen LogP contribution >= 0.6 is 0 Å². The maximum Gasteiger partial charge on any atom is 0.264 e. The summed E-state index contributed by atoms with van der Waals surface area (Å²) in [4.78, 5) is 33.1. The molecular formula is C38H48N4O5S. The van der Waals surface area contributed by atoms with E-state index in [1.54, 1.807) is 13.2 Å². The maximum absolute atomic E-state index is 15.0. The molecule has 2 aromatic carbocycles. The molecule has 4 fully saturated rings. The van der Waals surface area contributed by atoms with Gasteiger partial charge in [0.2, 0.25) is 15.9 Å². The lowest BCUT2D eigenvalue weighted by Crippen LogP contribution is -2.57. The van der Waals surface area contributed by atoms with Crippen LogP contribution in [0.3, 0.4) is 0 Å². The second kappa shape index (κ2) is 11.9. The first-order valence-electron chi connectivity index (χ1n) is 18.0. The van der Waals surface area contributed by atoms with Gasteiger partial charge in [-0.1, -0.05) is 38.7 Å². The number of ether oxygens (including phenoxy) is 1. The lowest BCUT2D eigenvalue weighted by molar-refractivity contribution is -0.143. The van der Waals surface area contributed by atoms with Gasteiger partial charge >= 0.3 is 0 Å². The van der Waals surface area contributed by atoms with E-state index in [4.69, 9.17) is 4.74 Å². The van der Waals surface area contributed by atoms with Gasteiger partial charge in [0.1, 0.15) is 5.75 Å². The van der Waals surface area contributed by atoms with E-state index in [0.717, 1.165) is 79.5 Å². The first-order valence-corrected chi connectivity index (χ1v) is 19.7. The monoisotopic (exact) mass is 672 g/mol. The Bertz CT molecular complexity index is 1880. The minimum absolute atomic E-state index is 0.0790. The van der Waals surface area contributed by atoms with Gasteiger partial charge in [0, 0.05) is 59.7 Å². The number of unbranched alkanes of at least 4 members (excludes halogenated alkanes) is 1. The van der Waals surface area contributed by atoms with Crippen LogP contribution in [0, 0.1) is 5.41 Å². The largest absolute Gasteiger partial charge is 0.497 e. The Labute approximate surface area is 284 Å². The number of hydrogen-bond donors (Lipinski definition) is 1. The number of hydrogen-bond acceptors (Lipinski definition) is 6. The van der Waals surface area contributed by atoms with Crippen molar-refractivity contribution in [1.29, 1.82) is 0 Å². The SMILES string of the molecule is CCCCS(=O)(=O)NC(=O)c1ccc2c(C3CCCCC3)c3n(c2c1)CC1(C(=O)N2C4CCC2CN(C)C4)CC1c1cc(OC)ccc1-3. The molecule has 4 atom stereocenters. The zero-order valence-corrected chi connectivity index (χ0v) is 29.3.